The van der Waals surface area contributed by atoms with Crippen molar-refractivity contribution in [3.8, 4) is 0 Å². The maximum atomic E-state index is 11.2. The number of halogens is 2. The van der Waals surface area contributed by atoms with E-state index < -0.39 is 11.9 Å². The highest BCUT2D eigenvalue weighted by molar-refractivity contribution is 6.42. The normalized spacial score (nSPS) is 12.0. The SMILES string of the molecule is CCC(C(=O)O)c1ccc(Nc2cc(Cl)c(Cl)cc2N)cc1. The molecule has 0 amide bonds. The average molecular weight is 339 g/mol. The van der Waals surface area contributed by atoms with E-state index in [4.69, 9.17) is 34.0 Å². The number of rotatable bonds is 5. The van der Waals surface area contributed by atoms with Crippen molar-refractivity contribution >= 4 is 46.2 Å². The van der Waals surface area contributed by atoms with E-state index in [0.29, 0.717) is 27.8 Å². The van der Waals surface area contributed by atoms with Gasteiger partial charge in [0.25, 0.3) is 0 Å². The minimum atomic E-state index is -0.822. The molecule has 0 fully saturated rings. The molecule has 4 N–H and O–H groups in total. The summed E-state index contributed by atoms with van der Waals surface area (Å²) < 4.78 is 0. The van der Waals surface area contributed by atoms with Crippen molar-refractivity contribution in [3.63, 3.8) is 0 Å². The van der Waals surface area contributed by atoms with Crippen molar-refractivity contribution in [3.05, 3.63) is 52.0 Å². The first-order valence-electron chi connectivity index (χ1n) is 6.76. The molecule has 0 aliphatic carbocycles. The van der Waals surface area contributed by atoms with Crippen molar-refractivity contribution in [1.29, 1.82) is 0 Å². The Kier molecular flexibility index (Phi) is 5.16. The first kappa shape index (κ1) is 16.5. The Morgan fingerprint density at radius 3 is 2.36 bits per heavy atom. The van der Waals surface area contributed by atoms with Crippen LogP contribution in [-0.4, -0.2) is 11.1 Å². The Labute approximate surface area is 138 Å². The molecule has 1 atom stereocenters. The van der Waals surface area contributed by atoms with Crippen LogP contribution in [0.25, 0.3) is 0 Å². The predicted molar refractivity (Wildman–Crippen MR) is 91.3 cm³/mol. The highest BCUT2D eigenvalue weighted by Crippen LogP contribution is 2.32. The molecule has 0 bridgehead atoms. The molecule has 0 aromatic heterocycles. The maximum Gasteiger partial charge on any atom is 0.310 e. The standard InChI is InChI=1S/C16H16Cl2N2O2/c1-2-11(16(21)22)9-3-5-10(6-4-9)20-15-8-13(18)12(17)7-14(15)19/h3-8,11,20H,2,19H2,1H3,(H,21,22). The third-order valence-electron chi connectivity index (χ3n) is 3.39. The molecule has 0 aliphatic rings. The van der Waals surface area contributed by atoms with Crippen molar-refractivity contribution in [2.75, 3.05) is 11.1 Å². The van der Waals surface area contributed by atoms with Gasteiger partial charge in [0.1, 0.15) is 0 Å². The first-order chi connectivity index (χ1) is 10.4. The summed E-state index contributed by atoms with van der Waals surface area (Å²) in [6, 6.07) is 10.4. The number of nitrogen functional groups attached to an aromatic ring is 1. The summed E-state index contributed by atoms with van der Waals surface area (Å²) in [6.45, 7) is 1.85. The van der Waals surface area contributed by atoms with Crippen molar-refractivity contribution in [2.24, 2.45) is 0 Å². The maximum absolute atomic E-state index is 11.2. The minimum absolute atomic E-state index is 0.396. The number of carboxylic acids is 1. The van der Waals surface area contributed by atoms with Gasteiger partial charge in [-0.15, -0.1) is 0 Å². The van der Waals surface area contributed by atoms with Gasteiger partial charge in [-0.3, -0.25) is 4.79 Å². The third-order valence-corrected chi connectivity index (χ3v) is 4.11. The summed E-state index contributed by atoms with van der Waals surface area (Å²) in [4.78, 5) is 11.2. The first-order valence-corrected chi connectivity index (χ1v) is 7.52. The number of hydrogen-bond donors (Lipinski definition) is 3. The number of aliphatic carboxylic acids is 1. The molecular formula is C16H16Cl2N2O2. The van der Waals surface area contributed by atoms with Crippen molar-refractivity contribution in [1.82, 2.24) is 0 Å². The van der Waals surface area contributed by atoms with Gasteiger partial charge >= 0.3 is 5.97 Å². The second kappa shape index (κ2) is 6.90. The third kappa shape index (κ3) is 3.64. The smallest absolute Gasteiger partial charge is 0.310 e. The number of benzene rings is 2. The van der Waals surface area contributed by atoms with Crippen LogP contribution in [0.2, 0.25) is 10.0 Å². The van der Waals surface area contributed by atoms with Gasteiger partial charge in [0.15, 0.2) is 0 Å². The lowest BCUT2D eigenvalue weighted by Crippen LogP contribution is -2.10. The molecule has 22 heavy (non-hydrogen) atoms. The second-order valence-corrected chi connectivity index (χ2v) is 5.71. The minimum Gasteiger partial charge on any atom is -0.481 e. The van der Waals surface area contributed by atoms with Gasteiger partial charge in [0, 0.05) is 5.69 Å². The van der Waals surface area contributed by atoms with E-state index in [9.17, 15) is 4.79 Å². The van der Waals surface area contributed by atoms with Crippen LogP contribution in [-0.2, 0) is 4.79 Å². The largest absolute Gasteiger partial charge is 0.481 e. The number of hydrogen-bond acceptors (Lipinski definition) is 3. The van der Waals surface area contributed by atoms with Gasteiger partial charge in [-0.25, -0.2) is 0 Å². The van der Waals surface area contributed by atoms with Crippen LogP contribution in [0.4, 0.5) is 17.1 Å². The fraction of sp³-hybridized carbons (Fsp3) is 0.188. The van der Waals surface area contributed by atoms with Gasteiger partial charge in [0.2, 0.25) is 0 Å². The van der Waals surface area contributed by atoms with Crippen LogP contribution in [0.5, 0.6) is 0 Å². The molecule has 116 valence electrons. The molecule has 2 aromatic carbocycles. The zero-order valence-electron chi connectivity index (χ0n) is 11.9. The molecule has 0 radical (unpaired) electrons. The van der Waals surface area contributed by atoms with Gasteiger partial charge in [0.05, 0.1) is 27.3 Å². The Bertz CT molecular complexity index is 687. The molecule has 0 aliphatic heterocycles. The zero-order valence-corrected chi connectivity index (χ0v) is 13.4. The van der Waals surface area contributed by atoms with Crippen LogP contribution >= 0.6 is 23.2 Å². The van der Waals surface area contributed by atoms with E-state index in [2.05, 4.69) is 5.32 Å². The molecule has 0 spiro atoms. The second-order valence-electron chi connectivity index (χ2n) is 4.90. The number of anilines is 3. The van der Waals surface area contributed by atoms with Crippen LogP contribution in [0.15, 0.2) is 36.4 Å². The molecule has 1 unspecified atom stereocenters. The van der Waals surface area contributed by atoms with Crippen LogP contribution in [0, 0.1) is 0 Å². The molecule has 0 saturated heterocycles. The fourth-order valence-electron chi connectivity index (χ4n) is 2.18. The van der Waals surface area contributed by atoms with Crippen LogP contribution < -0.4 is 11.1 Å². The molecule has 0 heterocycles. The molecule has 2 rings (SSSR count). The number of carbonyl (C=O) groups is 1. The summed E-state index contributed by atoms with van der Waals surface area (Å²) in [5.41, 5.74) is 8.57. The average Bonchev–Trinajstić information content (AvgIpc) is 2.47. The summed E-state index contributed by atoms with van der Waals surface area (Å²) in [5.74, 6) is -1.32. The lowest BCUT2D eigenvalue weighted by atomic mass is 9.96. The number of carboxylic acid groups (broad SMARTS) is 1. The molecule has 0 saturated carbocycles. The number of nitrogens with one attached hydrogen (secondary N) is 1. The summed E-state index contributed by atoms with van der Waals surface area (Å²) in [6.07, 6.45) is 0.544. The summed E-state index contributed by atoms with van der Waals surface area (Å²) >= 11 is 11.9. The molecular weight excluding hydrogens is 323 g/mol. The summed E-state index contributed by atoms with van der Waals surface area (Å²) in [5, 5.41) is 13.1. The van der Waals surface area contributed by atoms with E-state index >= 15 is 0 Å². The Balaban J connectivity index is 2.22. The van der Waals surface area contributed by atoms with Gasteiger partial charge < -0.3 is 16.2 Å². The predicted octanol–water partition coefficient (Wildman–Crippen LogP) is 4.90. The van der Waals surface area contributed by atoms with Crippen LogP contribution in [0.3, 0.4) is 0 Å². The van der Waals surface area contributed by atoms with Gasteiger partial charge in [-0.1, -0.05) is 42.3 Å². The van der Waals surface area contributed by atoms with Crippen molar-refractivity contribution < 1.29 is 9.90 Å². The molecule has 4 nitrogen and oxygen atoms in total. The fourth-order valence-corrected chi connectivity index (χ4v) is 2.51. The lowest BCUT2D eigenvalue weighted by molar-refractivity contribution is -0.138. The molecule has 2 aromatic rings. The van der Waals surface area contributed by atoms with Gasteiger partial charge in [-0.05, 0) is 36.2 Å². The van der Waals surface area contributed by atoms with E-state index in [1.165, 1.54) is 0 Å². The van der Waals surface area contributed by atoms with E-state index in [1.54, 1.807) is 24.3 Å². The highest BCUT2D eigenvalue weighted by atomic mass is 35.5. The Hall–Kier alpha value is -1.91. The zero-order chi connectivity index (χ0) is 16.3. The van der Waals surface area contributed by atoms with E-state index in [0.717, 1.165) is 11.3 Å². The van der Waals surface area contributed by atoms with E-state index in [1.807, 2.05) is 19.1 Å². The molecule has 6 heteroatoms. The van der Waals surface area contributed by atoms with E-state index in [-0.39, 0.29) is 0 Å². The van der Waals surface area contributed by atoms with Crippen LogP contribution in [0.1, 0.15) is 24.8 Å². The monoisotopic (exact) mass is 338 g/mol. The summed E-state index contributed by atoms with van der Waals surface area (Å²) in [7, 11) is 0. The quantitative estimate of drug-likeness (QED) is 0.678. The van der Waals surface area contributed by atoms with Gasteiger partial charge in [-0.2, -0.15) is 0 Å². The number of nitrogens with two attached hydrogens (primary N) is 1. The lowest BCUT2D eigenvalue weighted by Gasteiger charge is -2.13. The Morgan fingerprint density at radius 1 is 1.23 bits per heavy atom. The highest BCUT2D eigenvalue weighted by Gasteiger charge is 2.17. The Morgan fingerprint density at radius 2 is 1.82 bits per heavy atom. The van der Waals surface area contributed by atoms with Crippen molar-refractivity contribution in [2.45, 2.75) is 19.3 Å². The topological polar surface area (TPSA) is 75.3 Å².